The van der Waals surface area contributed by atoms with Crippen LogP contribution < -0.4 is 14.8 Å². The van der Waals surface area contributed by atoms with Crippen LogP contribution in [0, 0.1) is 0 Å². The van der Waals surface area contributed by atoms with E-state index in [9.17, 15) is 0 Å². The molecule has 1 aromatic carbocycles. The standard InChI is InChI=1S/C14H18N2O2S/c1-3-17-12-6-4-5-11(9-15-2)14(12)18-10-13-16-7-8-19-13/h4-8,15H,3,9-10H2,1-2H3. The molecule has 0 aliphatic carbocycles. The fourth-order valence-corrected chi connectivity index (χ4v) is 2.31. The summed E-state index contributed by atoms with van der Waals surface area (Å²) in [6, 6.07) is 5.95. The van der Waals surface area contributed by atoms with Crippen LogP contribution in [0.5, 0.6) is 11.5 Å². The molecule has 0 saturated heterocycles. The van der Waals surface area contributed by atoms with E-state index in [2.05, 4.69) is 10.3 Å². The fraction of sp³-hybridized carbons (Fsp3) is 0.357. The number of ether oxygens (including phenoxy) is 2. The first-order chi connectivity index (χ1) is 9.35. The summed E-state index contributed by atoms with van der Waals surface area (Å²) in [4.78, 5) is 4.22. The average molecular weight is 278 g/mol. The molecule has 102 valence electrons. The van der Waals surface area contributed by atoms with Crippen molar-refractivity contribution in [3.8, 4) is 11.5 Å². The van der Waals surface area contributed by atoms with E-state index in [1.165, 1.54) is 0 Å². The van der Waals surface area contributed by atoms with E-state index >= 15 is 0 Å². The lowest BCUT2D eigenvalue weighted by Crippen LogP contribution is -2.09. The van der Waals surface area contributed by atoms with Gasteiger partial charge >= 0.3 is 0 Å². The van der Waals surface area contributed by atoms with Gasteiger partial charge in [-0.1, -0.05) is 12.1 Å². The first-order valence-corrected chi connectivity index (χ1v) is 7.13. The largest absolute Gasteiger partial charge is 0.490 e. The summed E-state index contributed by atoms with van der Waals surface area (Å²) in [6.07, 6.45) is 1.78. The Morgan fingerprint density at radius 2 is 2.21 bits per heavy atom. The number of para-hydroxylation sites is 1. The second-order valence-corrected chi connectivity index (χ2v) is 4.90. The van der Waals surface area contributed by atoms with Crippen LogP contribution in [0.4, 0.5) is 0 Å². The molecule has 0 aliphatic heterocycles. The van der Waals surface area contributed by atoms with Gasteiger partial charge in [0.2, 0.25) is 0 Å². The molecule has 0 unspecified atom stereocenters. The molecule has 0 bridgehead atoms. The van der Waals surface area contributed by atoms with Gasteiger partial charge in [0.25, 0.3) is 0 Å². The van der Waals surface area contributed by atoms with Crippen LogP contribution in [0.2, 0.25) is 0 Å². The molecule has 0 saturated carbocycles. The number of hydrogen-bond acceptors (Lipinski definition) is 5. The third kappa shape index (κ3) is 3.68. The van der Waals surface area contributed by atoms with Crippen molar-refractivity contribution in [2.75, 3.05) is 13.7 Å². The molecule has 0 aliphatic rings. The van der Waals surface area contributed by atoms with Crippen LogP contribution in [0.1, 0.15) is 17.5 Å². The molecule has 0 fully saturated rings. The summed E-state index contributed by atoms with van der Waals surface area (Å²) >= 11 is 1.59. The smallest absolute Gasteiger partial charge is 0.166 e. The molecular weight excluding hydrogens is 260 g/mol. The SMILES string of the molecule is CCOc1cccc(CNC)c1OCc1nccs1. The van der Waals surface area contributed by atoms with Gasteiger partial charge in [-0.3, -0.25) is 0 Å². The van der Waals surface area contributed by atoms with Crippen LogP contribution >= 0.6 is 11.3 Å². The third-order valence-corrected chi connectivity index (χ3v) is 3.30. The summed E-state index contributed by atoms with van der Waals surface area (Å²) in [5.74, 6) is 1.58. The van der Waals surface area contributed by atoms with Gasteiger partial charge in [-0.25, -0.2) is 4.98 Å². The van der Waals surface area contributed by atoms with Gasteiger partial charge in [0, 0.05) is 23.7 Å². The number of rotatable bonds is 7. The molecule has 1 N–H and O–H groups in total. The number of hydrogen-bond donors (Lipinski definition) is 1. The van der Waals surface area contributed by atoms with E-state index in [0.717, 1.165) is 28.6 Å². The zero-order valence-corrected chi connectivity index (χ0v) is 12.0. The lowest BCUT2D eigenvalue weighted by molar-refractivity contribution is 0.266. The Labute approximate surface area is 117 Å². The Hall–Kier alpha value is -1.59. The van der Waals surface area contributed by atoms with Crippen LogP contribution in [-0.4, -0.2) is 18.6 Å². The van der Waals surface area contributed by atoms with E-state index < -0.39 is 0 Å². The van der Waals surface area contributed by atoms with Crippen molar-refractivity contribution >= 4 is 11.3 Å². The Morgan fingerprint density at radius 3 is 2.89 bits per heavy atom. The van der Waals surface area contributed by atoms with Gasteiger partial charge < -0.3 is 14.8 Å². The molecular formula is C14H18N2O2S. The molecule has 19 heavy (non-hydrogen) atoms. The van der Waals surface area contributed by atoms with E-state index in [0.29, 0.717) is 13.2 Å². The molecule has 1 heterocycles. The monoisotopic (exact) mass is 278 g/mol. The highest BCUT2D eigenvalue weighted by Crippen LogP contribution is 2.32. The molecule has 0 radical (unpaired) electrons. The topological polar surface area (TPSA) is 43.4 Å². The van der Waals surface area contributed by atoms with E-state index in [1.807, 2.05) is 37.6 Å². The third-order valence-electron chi connectivity index (χ3n) is 2.55. The van der Waals surface area contributed by atoms with Crippen LogP contribution in [0.3, 0.4) is 0 Å². The lowest BCUT2D eigenvalue weighted by atomic mass is 10.2. The van der Waals surface area contributed by atoms with Gasteiger partial charge in [0.05, 0.1) is 6.61 Å². The maximum absolute atomic E-state index is 5.90. The number of thiazole rings is 1. The molecule has 0 amide bonds. The minimum Gasteiger partial charge on any atom is -0.490 e. The average Bonchev–Trinajstić information content (AvgIpc) is 2.92. The van der Waals surface area contributed by atoms with Crippen molar-refractivity contribution in [2.24, 2.45) is 0 Å². The maximum atomic E-state index is 5.90. The van der Waals surface area contributed by atoms with E-state index in [-0.39, 0.29) is 0 Å². The Morgan fingerprint density at radius 1 is 1.32 bits per heavy atom. The summed E-state index contributed by atoms with van der Waals surface area (Å²) < 4.78 is 11.5. The minimum absolute atomic E-state index is 0.471. The first kappa shape index (κ1) is 13.8. The second kappa shape index (κ2) is 7.11. The molecule has 1 aromatic heterocycles. The van der Waals surface area contributed by atoms with Crippen molar-refractivity contribution in [3.05, 3.63) is 40.3 Å². The molecule has 2 aromatic rings. The van der Waals surface area contributed by atoms with Crippen molar-refractivity contribution in [2.45, 2.75) is 20.1 Å². The van der Waals surface area contributed by atoms with Gasteiger partial charge in [-0.2, -0.15) is 0 Å². The highest BCUT2D eigenvalue weighted by Gasteiger charge is 2.11. The van der Waals surface area contributed by atoms with E-state index in [4.69, 9.17) is 9.47 Å². The van der Waals surface area contributed by atoms with Crippen LogP contribution in [0.15, 0.2) is 29.8 Å². The van der Waals surface area contributed by atoms with Crippen molar-refractivity contribution in [1.29, 1.82) is 0 Å². The highest BCUT2D eigenvalue weighted by atomic mass is 32.1. The van der Waals surface area contributed by atoms with Gasteiger partial charge in [-0.05, 0) is 20.0 Å². The second-order valence-electron chi connectivity index (χ2n) is 3.92. The zero-order valence-electron chi connectivity index (χ0n) is 11.2. The molecule has 0 spiro atoms. The normalized spacial score (nSPS) is 10.4. The summed E-state index contributed by atoms with van der Waals surface area (Å²) in [6.45, 7) is 3.80. The zero-order chi connectivity index (χ0) is 13.5. The summed E-state index contributed by atoms with van der Waals surface area (Å²) in [5.41, 5.74) is 1.09. The quantitative estimate of drug-likeness (QED) is 0.846. The maximum Gasteiger partial charge on any atom is 0.166 e. The first-order valence-electron chi connectivity index (χ1n) is 6.25. The van der Waals surface area contributed by atoms with Crippen molar-refractivity contribution in [3.63, 3.8) is 0 Å². The molecule has 2 rings (SSSR count). The molecule has 0 atom stereocenters. The van der Waals surface area contributed by atoms with Crippen LogP contribution in [0.25, 0.3) is 0 Å². The number of nitrogens with zero attached hydrogens (tertiary/aromatic N) is 1. The van der Waals surface area contributed by atoms with E-state index in [1.54, 1.807) is 17.5 Å². The van der Waals surface area contributed by atoms with Gasteiger partial charge in [0.1, 0.15) is 11.6 Å². The number of aromatic nitrogens is 1. The number of benzene rings is 1. The Balaban J connectivity index is 2.18. The van der Waals surface area contributed by atoms with Crippen molar-refractivity contribution < 1.29 is 9.47 Å². The highest BCUT2D eigenvalue weighted by molar-refractivity contribution is 7.09. The summed E-state index contributed by atoms with van der Waals surface area (Å²) in [5, 5.41) is 6.04. The lowest BCUT2D eigenvalue weighted by Gasteiger charge is -2.15. The van der Waals surface area contributed by atoms with Gasteiger partial charge in [-0.15, -0.1) is 11.3 Å². The predicted molar refractivity (Wildman–Crippen MR) is 76.8 cm³/mol. The molecule has 4 nitrogen and oxygen atoms in total. The Bertz CT molecular complexity index is 476. The fourth-order valence-electron chi connectivity index (χ4n) is 1.78. The summed E-state index contributed by atoms with van der Waals surface area (Å²) in [7, 11) is 1.91. The van der Waals surface area contributed by atoms with Crippen molar-refractivity contribution in [1.82, 2.24) is 10.3 Å². The predicted octanol–water partition coefficient (Wildman–Crippen LogP) is 2.84. The number of nitrogens with one attached hydrogen (secondary N) is 1. The van der Waals surface area contributed by atoms with Crippen LogP contribution in [-0.2, 0) is 13.2 Å². The van der Waals surface area contributed by atoms with Gasteiger partial charge in [0.15, 0.2) is 11.5 Å². The Kier molecular flexibility index (Phi) is 5.18. The minimum atomic E-state index is 0.471. The molecule has 5 heteroatoms.